The molecule has 0 atom stereocenters. The molecule has 3 rings (SSSR count). The van der Waals surface area contributed by atoms with E-state index in [4.69, 9.17) is 5.73 Å². The third-order valence-corrected chi connectivity index (χ3v) is 3.53. The Balaban J connectivity index is 1.94. The van der Waals surface area contributed by atoms with E-state index < -0.39 is 0 Å². The Morgan fingerprint density at radius 2 is 2.00 bits per heavy atom. The maximum Gasteiger partial charge on any atom is 0.239 e. The molecule has 4 N–H and O–H groups in total. The SMILES string of the molecule is Nc1cc2c(cc1N1CCNC(=O)C1)CCC(=O)N2. The molecule has 6 nitrogen and oxygen atoms in total. The molecule has 19 heavy (non-hydrogen) atoms. The van der Waals surface area contributed by atoms with Crippen molar-refractivity contribution in [3.8, 4) is 0 Å². The highest BCUT2D eigenvalue weighted by Crippen LogP contribution is 2.33. The van der Waals surface area contributed by atoms with Crippen LogP contribution in [0.15, 0.2) is 12.1 Å². The molecule has 0 aliphatic carbocycles. The second-order valence-corrected chi connectivity index (χ2v) is 4.89. The molecule has 0 unspecified atom stereocenters. The van der Waals surface area contributed by atoms with Gasteiger partial charge in [0.05, 0.1) is 17.9 Å². The van der Waals surface area contributed by atoms with Crippen LogP contribution < -0.4 is 21.3 Å². The summed E-state index contributed by atoms with van der Waals surface area (Å²) in [5.41, 5.74) is 9.38. The molecule has 2 heterocycles. The van der Waals surface area contributed by atoms with E-state index >= 15 is 0 Å². The zero-order valence-electron chi connectivity index (χ0n) is 10.5. The number of fused-ring (bicyclic) bond motifs is 1. The molecule has 1 fully saturated rings. The van der Waals surface area contributed by atoms with Crippen LogP contribution in [0.1, 0.15) is 12.0 Å². The normalized spacial score (nSPS) is 18.6. The highest BCUT2D eigenvalue weighted by molar-refractivity contribution is 5.96. The smallest absolute Gasteiger partial charge is 0.239 e. The summed E-state index contributed by atoms with van der Waals surface area (Å²) in [5, 5.41) is 5.61. The average Bonchev–Trinajstić information content (AvgIpc) is 2.37. The molecular formula is C13H16N4O2. The molecule has 0 saturated carbocycles. The number of benzene rings is 1. The Bertz CT molecular complexity index is 556. The first kappa shape index (κ1) is 11.8. The summed E-state index contributed by atoms with van der Waals surface area (Å²) in [5.74, 6) is 0.0358. The van der Waals surface area contributed by atoms with Gasteiger partial charge in [0.15, 0.2) is 0 Å². The number of nitrogens with two attached hydrogens (primary N) is 1. The van der Waals surface area contributed by atoms with Crippen LogP contribution in [0.5, 0.6) is 0 Å². The van der Waals surface area contributed by atoms with Crippen LogP contribution in [-0.2, 0) is 16.0 Å². The van der Waals surface area contributed by atoms with Crippen LogP contribution >= 0.6 is 0 Å². The molecule has 0 radical (unpaired) electrons. The van der Waals surface area contributed by atoms with Crippen molar-refractivity contribution in [2.75, 3.05) is 35.6 Å². The Morgan fingerprint density at radius 1 is 1.16 bits per heavy atom. The number of nitrogen functional groups attached to an aromatic ring is 1. The van der Waals surface area contributed by atoms with E-state index in [-0.39, 0.29) is 11.8 Å². The Morgan fingerprint density at radius 3 is 2.79 bits per heavy atom. The molecule has 1 saturated heterocycles. The average molecular weight is 260 g/mol. The lowest BCUT2D eigenvalue weighted by atomic mass is 10.0. The van der Waals surface area contributed by atoms with Gasteiger partial charge in [0.1, 0.15) is 0 Å². The van der Waals surface area contributed by atoms with Crippen LogP contribution in [0.25, 0.3) is 0 Å². The fourth-order valence-corrected chi connectivity index (χ4v) is 2.55. The summed E-state index contributed by atoms with van der Waals surface area (Å²) in [6, 6.07) is 3.77. The molecular weight excluding hydrogens is 244 g/mol. The van der Waals surface area contributed by atoms with Gasteiger partial charge in [-0.05, 0) is 24.1 Å². The standard InChI is InChI=1S/C13H16N4O2/c14-9-6-10-8(1-2-12(18)16-10)5-11(9)17-4-3-15-13(19)7-17/h5-6H,1-4,7,14H2,(H,15,19)(H,16,18). The van der Waals surface area contributed by atoms with Gasteiger partial charge in [-0.25, -0.2) is 0 Å². The topological polar surface area (TPSA) is 87.5 Å². The first-order valence-corrected chi connectivity index (χ1v) is 6.37. The summed E-state index contributed by atoms with van der Waals surface area (Å²) < 4.78 is 0. The number of piperazine rings is 1. The second kappa shape index (κ2) is 4.46. The van der Waals surface area contributed by atoms with Crippen molar-refractivity contribution in [1.82, 2.24) is 5.32 Å². The highest BCUT2D eigenvalue weighted by Gasteiger charge is 2.22. The number of anilines is 3. The lowest BCUT2D eigenvalue weighted by molar-refractivity contribution is -0.120. The number of carbonyl (C=O) groups is 2. The van der Waals surface area contributed by atoms with E-state index in [2.05, 4.69) is 10.6 Å². The molecule has 0 bridgehead atoms. The van der Waals surface area contributed by atoms with Gasteiger partial charge in [0.25, 0.3) is 0 Å². The van der Waals surface area contributed by atoms with Gasteiger partial charge < -0.3 is 21.3 Å². The zero-order chi connectivity index (χ0) is 13.4. The number of aryl methyl sites for hydroxylation is 1. The number of nitrogens with one attached hydrogen (secondary N) is 2. The maximum absolute atomic E-state index is 11.4. The monoisotopic (exact) mass is 260 g/mol. The van der Waals surface area contributed by atoms with E-state index in [1.165, 1.54) is 0 Å². The molecule has 0 aromatic heterocycles. The minimum atomic E-state index is 0.0108. The van der Waals surface area contributed by atoms with E-state index in [1.807, 2.05) is 11.0 Å². The van der Waals surface area contributed by atoms with Crippen molar-refractivity contribution in [1.29, 1.82) is 0 Å². The summed E-state index contributed by atoms with van der Waals surface area (Å²) >= 11 is 0. The zero-order valence-corrected chi connectivity index (χ0v) is 10.5. The Kier molecular flexibility index (Phi) is 2.77. The number of nitrogens with zero attached hydrogens (tertiary/aromatic N) is 1. The molecule has 0 spiro atoms. The van der Waals surface area contributed by atoms with E-state index in [9.17, 15) is 9.59 Å². The van der Waals surface area contributed by atoms with Gasteiger partial charge >= 0.3 is 0 Å². The van der Waals surface area contributed by atoms with Crippen LogP contribution in [0.4, 0.5) is 17.1 Å². The fraction of sp³-hybridized carbons (Fsp3) is 0.385. The summed E-state index contributed by atoms with van der Waals surface area (Å²) in [6.07, 6.45) is 1.21. The van der Waals surface area contributed by atoms with Crippen molar-refractivity contribution in [2.24, 2.45) is 0 Å². The Hall–Kier alpha value is -2.24. The first-order chi connectivity index (χ1) is 9.13. The first-order valence-electron chi connectivity index (χ1n) is 6.37. The van der Waals surface area contributed by atoms with E-state index in [0.29, 0.717) is 31.6 Å². The van der Waals surface area contributed by atoms with E-state index in [0.717, 1.165) is 23.5 Å². The number of carbonyl (C=O) groups excluding carboxylic acids is 2. The maximum atomic E-state index is 11.4. The van der Waals surface area contributed by atoms with Gasteiger partial charge in [-0.1, -0.05) is 0 Å². The summed E-state index contributed by atoms with van der Waals surface area (Å²) in [7, 11) is 0. The third-order valence-electron chi connectivity index (χ3n) is 3.53. The van der Waals surface area contributed by atoms with Crippen molar-refractivity contribution >= 4 is 28.9 Å². The molecule has 2 aliphatic heterocycles. The van der Waals surface area contributed by atoms with Crippen LogP contribution in [0.2, 0.25) is 0 Å². The molecule has 100 valence electrons. The number of hydrogen-bond donors (Lipinski definition) is 3. The van der Waals surface area contributed by atoms with Gasteiger partial charge in [-0.2, -0.15) is 0 Å². The van der Waals surface area contributed by atoms with Gasteiger partial charge in [-0.3, -0.25) is 9.59 Å². The highest BCUT2D eigenvalue weighted by atomic mass is 16.2. The predicted octanol–water partition coefficient (Wildman–Crippen LogP) is 0.0897. The lowest BCUT2D eigenvalue weighted by Gasteiger charge is -2.31. The number of amides is 2. The number of rotatable bonds is 1. The van der Waals surface area contributed by atoms with Crippen molar-refractivity contribution in [2.45, 2.75) is 12.8 Å². The fourth-order valence-electron chi connectivity index (χ4n) is 2.55. The molecule has 1 aromatic carbocycles. The second-order valence-electron chi connectivity index (χ2n) is 4.89. The van der Waals surface area contributed by atoms with Crippen LogP contribution in [0, 0.1) is 0 Å². The van der Waals surface area contributed by atoms with Crippen LogP contribution in [0.3, 0.4) is 0 Å². The minimum Gasteiger partial charge on any atom is -0.397 e. The van der Waals surface area contributed by atoms with Crippen molar-refractivity contribution < 1.29 is 9.59 Å². The van der Waals surface area contributed by atoms with Crippen molar-refractivity contribution in [3.05, 3.63) is 17.7 Å². The quantitative estimate of drug-likeness (QED) is 0.624. The molecule has 2 amide bonds. The Labute approximate surface area is 110 Å². The largest absolute Gasteiger partial charge is 0.397 e. The third kappa shape index (κ3) is 2.21. The van der Waals surface area contributed by atoms with Gasteiger partial charge in [0.2, 0.25) is 11.8 Å². The van der Waals surface area contributed by atoms with Crippen molar-refractivity contribution in [3.63, 3.8) is 0 Å². The minimum absolute atomic E-state index is 0.0108. The van der Waals surface area contributed by atoms with E-state index in [1.54, 1.807) is 6.07 Å². The molecule has 1 aromatic rings. The molecule has 2 aliphatic rings. The van der Waals surface area contributed by atoms with Crippen LogP contribution in [-0.4, -0.2) is 31.4 Å². The van der Waals surface area contributed by atoms with Gasteiger partial charge in [0, 0.05) is 25.2 Å². The summed E-state index contributed by atoms with van der Waals surface area (Å²) in [4.78, 5) is 24.8. The lowest BCUT2D eigenvalue weighted by Crippen LogP contribution is -2.48. The molecule has 6 heteroatoms. The summed E-state index contributed by atoms with van der Waals surface area (Å²) in [6.45, 7) is 1.71. The number of hydrogen-bond acceptors (Lipinski definition) is 4. The van der Waals surface area contributed by atoms with Gasteiger partial charge in [-0.15, -0.1) is 0 Å². The predicted molar refractivity (Wildman–Crippen MR) is 73.0 cm³/mol.